The Morgan fingerprint density at radius 1 is 0.923 bits per heavy atom. The summed E-state index contributed by atoms with van der Waals surface area (Å²) in [5, 5.41) is 0. The van der Waals surface area contributed by atoms with Crippen LogP contribution in [-0.2, 0) is 13.3 Å². The van der Waals surface area contributed by atoms with Crippen LogP contribution in [0.3, 0.4) is 0 Å². The van der Waals surface area contributed by atoms with Crippen molar-refractivity contribution in [2.75, 3.05) is 21.3 Å². The molecule has 3 nitrogen and oxygen atoms in total. The molecule has 13 heavy (non-hydrogen) atoms. The van der Waals surface area contributed by atoms with E-state index in [9.17, 15) is 0 Å². The van der Waals surface area contributed by atoms with Crippen molar-refractivity contribution < 1.29 is 13.3 Å². The maximum Gasteiger partial charge on any atom is 0.503 e. The van der Waals surface area contributed by atoms with Gasteiger partial charge in [-0.1, -0.05) is 12.8 Å². The van der Waals surface area contributed by atoms with E-state index in [-0.39, 0.29) is 11.0 Å². The van der Waals surface area contributed by atoms with E-state index in [4.69, 9.17) is 13.3 Å². The summed E-state index contributed by atoms with van der Waals surface area (Å²) in [7, 11) is 2.79. The van der Waals surface area contributed by atoms with Crippen LogP contribution in [0.4, 0.5) is 0 Å². The molecule has 5 heteroatoms. The van der Waals surface area contributed by atoms with Crippen molar-refractivity contribution in [2.24, 2.45) is 0 Å². The molecule has 0 N–H and O–H groups in total. The van der Waals surface area contributed by atoms with Gasteiger partial charge in [0.2, 0.25) is 0 Å². The highest BCUT2D eigenvalue weighted by atomic mass is 28.4. The summed E-state index contributed by atoms with van der Waals surface area (Å²) in [4.78, 5) is 0. The van der Waals surface area contributed by atoms with Crippen LogP contribution < -0.4 is 0 Å². The van der Waals surface area contributed by atoms with Crippen LogP contribution in [0.2, 0.25) is 5.54 Å². The van der Waals surface area contributed by atoms with Gasteiger partial charge >= 0.3 is 8.80 Å². The Kier molecular flexibility index (Phi) is 6.07. The topological polar surface area (TPSA) is 27.7 Å². The van der Waals surface area contributed by atoms with Crippen LogP contribution in [0.25, 0.3) is 0 Å². The Balaban J connectivity index is 0.00000144. The molecule has 0 saturated heterocycles. The van der Waals surface area contributed by atoms with E-state index in [2.05, 4.69) is 0 Å². The van der Waals surface area contributed by atoms with E-state index < -0.39 is 8.80 Å². The maximum atomic E-state index is 5.41. The first-order chi connectivity index (χ1) is 5.79. The van der Waals surface area contributed by atoms with Crippen LogP contribution >= 0.6 is 0 Å². The molecule has 0 aromatic heterocycles. The Morgan fingerprint density at radius 3 is 1.62 bits per heavy atom. The smallest absolute Gasteiger partial charge is 0.377 e. The molecule has 0 radical (unpaired) electrons. The summed E-state index contributed by atoms with van der Waals surface area (Å²) in [5.74, 6) is 0. The molecule has 0 aromatic rings. The molecule has 0 aromatic carbocycles. The summed E-state index contributed by atoms with van der Waals surface area (Å²) in [6.45, 7) is 0. The van der Waals surface area contributed by atoms with Gasteiger partial charge < -0.3 is 13.3 Å². The van der Waals surface area contributed by atoms with Crippen molar-refractivity contribution in [2.45, 2.75) is 31.2 Å². The first kappa shape index (κ1) is 13.3. The van der Waals surface area contributed by atoms with Crippen molar-refractivity contribution in [3.8, 4) is 0 Å². The summed E-state index contributed by atoms with van der Waals surface area (Å²) in [6.07, 6.45) is 4.97. The minimum atomic E-state index is -2.28. The standard InChI is InChI=1S/C8H18O3Si.H4Si/c1-9-12(10-2,11-3)8-6-4-5-7-8;/h8H,4-7H2,1-3H3;1H4. The average Bonchev–Trinajstić information content (AvgIpc) is 2.62. The summed E-state index contributed by atoms with van der Waals surface area (Å²) >= 11 is 0. The molecule has 0 bridgehead atoms. The zero-order valence-electron chi connectivity index (χ0n) is 8.13. The molecule has 0 spiro atoms. The third-order valence-corrected chi connectivity index (χ3v) is 5.99. The van der Waals surface area contributed by atoms with Crippen LogP contribution in [0.5, 0.6) is 0 Å². The molecule has 1 rings (SSSR count). The number of rotatable bonds is 4. The predicted octanol–water partition coefficient (Wildman–Crippen LogP) is 0.357. The average molecular weight is 222 g/mol. The van der Waals surface area contributed by atoms with Gasteiger partial charge in [0.05, 0.1) is 0 Å². The van der Waals surface area contributed by atoms with Gasteiger partial charge in [0, 0.05) is 26.9 Å². The fourth-order valence-electron chi connectivity index (χ4n) is 2.03. The van der Waals surface area contributed by atoms with Crippen LogP contribution in [0.1, 0.15) is 25.7 Å². The van der Waals surface area contributed by atoms with Crippen LogP contribution in [0, 0.1) is 0 Å². The molecule has 0 heterocycles. The zero-order valence-corrected chi connectivity index (χ0v) is 9.13. The highest BCUT2D eigenvalue weighted by molar-refractivity contribution is 6.62. The summed E-state index contributed by atoms with van der Waals surface area (Å²) in [5.41, 5.74) is 0.525. The monoisotopic (exact) mass is 222 g/mol. The molecule has 1 fully saturated rings. The van der Waals surface area contributed by atoms with Gasteiger partial charge in [-0.25, -0.2) is 0 Å². The lowest BCUT2D eigenvalue weighted by Crippen LogP contribution is -2.46. The Morgan fingerprint density at radius 2 is 1.31 bits per heavy atom. The normalized spacial score (nSPS) is 18.7. The lowest BCUT2D eigenvalue weighted by Gasteiger charge is -2.29. The molecule has 1 saturated carbocycles. The van der Waals surface area contributed by atoms with Gasteiger partial charge in [0.1, 0.15) is 0 Å². The SMILES string of the molecule is CO[Si](OC)(OC)C1CCCC1.[SiH4]. The highest BCUT2D eigenvalue weighted by Crippen LogP contribution is 2.39. The largest absolute Gasteiger partial charge is 0.503 e. The molecule has 0 amide bonds. The molecule has 1 aliphatic carbocycles. The molecule has 80 valence electrons. The Bertz CT molecular complexity index is 125. The Hall–Kier alpha value is 0.314. The van der Waals surface area contributed by atoms with Crippen molar-refractivity contribution in [1.82, 2.24) is 0 Å². The molecule has 1 aliphatic rings. The highest BCUT2D eigenvalue weighted by Gasteiger charge is 2.47. The lowest BCUT2D eigenvalue weighted by molar-refractivity contribution is 0.111. The zero-order chi connectivity index (χ0) is 9.03. The van der Waals surface area contributed by atoms with Crippen molar-refractivity contribution in [3.05, 3.63) is 0 Å². The van der Waals surface area contributed by atoms with Crippen LogP contribution in [-0.4, -0.2) is 41.1 Å². The first-order valence-electron chi connectivity index (χ1n) is 4.44. The van der Waals surface area contributed by atoms with E-state index in [0.717, 1.165) is 0 Å². The minimum absolute atomic E-state index is 0. The molecular weight excluding hydrogens is 200 g/mol. The third-order valence-electron chi connectivity index (χ3n) is 2.71. The van der Waals surface area contributed by atoms with E-state index in [1.807, 2.05) is 0 Å². The van der Waals surface area contributed by atoms with Gasteiger partial charge in [0.15, 0.2) is 0 Å². The predicted molar refractivity (Wildman–Crippen MR) is 60.3 cm³/mol. The third kappa shape index (κ3) is 2.63. The van der Waals surface area contributed by atoms with E-state index in [1.54, 1.807) is 21.3 Å². The second kappa shape index (κ2) is 5.92. The second-order valence-corrected chi connectivity index (χ2v) is 6.45. The van der Waals surface area contributed by atoms with Gasteiger partial charge in [-0.05, 0) is 23.8 Å². The molecule has 0 aliphatic heterocycles. The van der Waals surface area contributed by atoms with Crippen molar-refractivity contribution in [1.29, 1.82) is 0 Å². The van der Waals surface area contributed by atoms with E-state index >= 15 is 0 Å². The van der Waals surface area contributed by atoms with Gasteiger partial charge in [-0.3, -0.25) is 0 Å². The maximum absolute atomic E-state index is 5.41. The quantitative estimate of drug-likeness (QED) is 0.643. The van der Waals surface area contributed by atoms with Gasteiger partial charge in [0.25, 0.3) is 0 Å². The first-order valence-corrected chi connectivity index (χ1v) is 6.24. The van der Waals surface area contributed by atoms with Gasteiger partial charge in [-0.2, -0.15) is 0 Å². The Labute approximate surface area is 86.2 Å². The minimum Gasteiger partial charge on any atom is -0.377 e. The molecule has 0 atom stereocenters. The molecule has 0 unspecified atom stereocenters. The van der Waals surface area contributed by atoms with Gasteiger partial charge in [-0.15, -0.1) is 0 Å². The number of hydrogen-bond acceptors (Lipinski definition) is 3. The summed E-state index contributed by atoms with van der Waals surface area (Å²) < 4.78 is 16.2. The van der Waals surface area contributed by atoms with E-state index in [0.29, 0.717) is 5.54 Å². The lowest BCUT2D eigenvalue weighted by atomic mass is 10.4. The van der Waals surface area contributed by atoms with Crippen LogP contribution in [0.15, 0.2) is 0 Å². The second-order valence-electron chi connectivity index (χ2n) is 3.20. The summed E-state index contributed by atoms with van der Waals surface area (Å²) in [6, 6.07) is 0. The van der Waals surface area contributed by atoms with Crippen molar-refractivity contribution in [3.63, 3.8) is 0 Å². The molecular formula is C8H22O3Si2. The number of hydrogen-bond donors (Lipinski definition) is 0. The van der Waals surface area contributed by atoms with E-state index in [1.165, 1.54) is 25.7 Å². The fraction of sp³-hybridized carbons (Fsp3) is 1.00. The fourth-order valence-corrected chi connectivity index (χ4v) is 4.64. The van der Waals surface area contributed by atoms with Crippen molar-refractivity contribution >= 4 is 19.8 Å².